The van der Waals surface area contributed by atoms with Gasteiger partial charge in [-0.2, -0.15) is 0 Å². The number of aliphatic imine (C=N–C) groups is 1. The summed E-state index contributed by atoms with van der Waals surface area (Å²) in [5, 5.41) is 10.6. The number of aryl methyl sites for hydroxylation is 1. The Bertz CT molecular complexity index is 1540. The standard InChI is InChI=1S/C32H40N2O6S2/c1-18-10-12-22(13-11-18)42(38,39)20(3)40-30(37)26-19(2)17-41-29-25(28(36)34(26)29)33-16-21-14-23(31(4,5)6)27(35)24(15-21)32(7,8)9/h10-16,20,25,29,35H,17H2,1-9H3/t20?,25-,29-/m1/s1. The molecule has 0 bridgehead atoms. The molecule has 1 N–H and O–H groups in total. The fourth-order valence-electron chi connectivity index (χ4n) is 4.98. The summed E-state index contributed by atoms with van der Waals surface area (Å²) >= 11 is 1.50. The maximum atomic E-state index is 13.3. The van der Waals surface area contributed by atoms with Gasteiger partial charge in [0.15, 0.2) is 6.04 Å². The third-order valence-electron chi connectivity index (χ3n) is 7.52. The summed E-state index contributed by atoms with van der Waals surface area (Å²) in [6.07, 6.45) is 1.66. The molecule has 226 valence electrons. The molecule has 0 spiro atoms. The molecule has 2 aliphatic rings. The van der Waals surface area contributed by atoms with Crippen LogP contribution in [0.15, 0.2) is 57.6 Å². The van der Waals surface area contributed by atoms with E-state index in [4.69, 9.17) is 4.74 Å². The van der Waals surface area contributed by atoms with Gasteiger partial charge in [0.25, 0.3) is 5.91 Å². The number of hydrogen-bond donors (Lipinski definition) is 1. The molecule has 0 radical (unpaired) electrons. The molecule has 42 heavy (non-hydrogen) atoms. The van der Waals surface area contributed by atoms with Gasteiger partial charge in [0, 0.05) is 23.1 Å². The van der Waals surface area contributed by atoms with Crippen molar-refractivity contribution in [1.29, 1.82) is 0 Å². The van der Waals surface area contributed by atoms with E-state index in [9.17, 15) is 23.1 Å². The SMILES string of the molecule is CC1=C(C(=O)OC(C)S(=O)(=O)c2ccc(C)cc2)N2C(=O)[C@@H](N=Cc3cc(C(C)(C)C)c(O)c(C(C)(C)C)c3)[C@H]2SC1. The number of nitrogens with zero attached hydrogens (tertiary/aromatic N) is 2. The average Bonchev–Trinajstić information content (AvgIpc) is 2.88. The van der Waals surface area contributed by atoms with Crippen molar-refractivity contribution in [2.24, 2.45) is 4.99 Å². The molecule has 0 saturated carbocycles. The summed E-state index contributed by atoms with van der Waals surface area (Å²) in [7, 11) is -3.93. The molecule has 0 aromatic heterocycles. The van der Waals surface area contributed by atoms with Crippen molar-refractivity contribution in [3.8, 4) is 5.75 Å². The van der Waals surface area contributed by atoms with Crippen molar-refractivity contribution in [1.82, 2.24) is 4.90 Å². The highest BCUT2D eigenvalue weighted by atomic mass is 32.2. The summed E-state index contributed by atoms with van der Waals surface area (Å²) in [5.74, 6) is -0.455. The third-order valence-corrected chi connectivity index (χ3v) is 10.8. The fourth-order valence-corrected chi connectivity index (χ4v) is 7.37. The summed E-state index contributed by atoms with van der Waals surface area (Å²) in [6, 6.07) is 9.42. The number of carbonyl (C=O) groups excluding carboxylic acids is 2. The molecule has 2 aromatic carbocycles. The molecule has 2 aliphatic heterocycles. The second-order valence-electron chi connectivity index (χ2n) is 13.1. The first-order valence-electron chi connectivity index (χ1n) is 13.9. The van der Waals surface area contributed by atoms with Gasteiger partial charge in [0.1, 0.15) is 16.8 Å². The van der Waals surface area contributed by atoms with E-state index in [-0.39, 0.29) is 33.1 Å². The molecule has 1 amide bonds. The zero-order valence-electron chi connectivity index (χ0n) is 25.7. The van der Waals surface area contributed by atoms with Crippen LogP contribution in [0, 0.1) is 6.92 Å². The highest BCUT2D eigenvalue weighted by molar-refractivity contribution is 8.00. The van der Waals surface area contributed by atoms with E-state index >= 15 is 0 Å². The molecule has 0 aliphatic carbocycles. The van der Waals surface area contributed by atoms with Crippen molar-refractivity contribution in [3.05, 3.63) is 69.9 Å². The number of carbonyl (C=O) groups is 2. The molecule has 8 nitrogen and oxygen atoms in total. The largest absolute Gasteiger partial charge is 0.507 e. The van der Waals surface area contributed by atoms with E-state index < -0.39 is 32.7 Å². The van der Waals surface area contributed by atoms with Crippen LogP contribution in [0.25, 0.3) is 0 Å². The van der Waals surface area contributed by atoms with Crippen LogP contribution >= 0.6 is 11.8 Å². The van der Waals surface area contributed by atoms with Crippen LogP contribution in [-0.2, 0) is 35.0 Å². The number of esters is 1. The Morgan fingerprint density at radius 3 is 2.14 bits per heavy atom. The Morgan fingerprint density at radius 1 is 1.07 bits per heavy atom. The minimum Gasteiger partial charge on any atom is -0.507 e. The van der Waals surface area contributed by atoms with Crippen LogP contribution in [0.3, 0.4) is 0 Å². The molecule has 10 heteroatoms. The summed E-state index contributed by atoms with van der Waals surface area (Å²) in [5.41, 5.74) is 1.94. The number of rotatable bonds is 6. The number of ether oxygens (including phenoxy) is 1. The second kappa shape index (κ2) is 11.2. The zero-order chi connectivity index (χ0) is 31.4. The number of aromatic hydroxyl groups is 1. The lowest BCUT2D eigenvalue weighted by Crippen LogP contribution is -2.64. The number of amides is 1. The minimum atomic E-state index is -3.93. The maximum absolute atomic E-state index is 13.3. The van der Waals surface area contributed by atoms with Gasteiger partial charge in [-0.25, -0.2) is 13.2 Å². The average molecular weight is 613 g/mol. The van der Waals surface area contributed by atoms with Crippen molar-refractivity contribution in [2.45, 2.75) is 94.9 Å². The molecule has 1 fully saturated rings. The Labute approximate surface area is 253 Å². The zero-order valence-corrected chi connectivity index (χ0v) is 27.3. The predicted molar refractivity (Wildman–Crippen MR) is 167 cm³/mol. The van der Waals surface area contributed by atoms with Crippen molar-refractivity contribution in [3.63, 3.8) is 0 Å². The Kier molecular flexibility index (Phi) is 8.48. The molecule has 2 heterocycles. The Hall–Kier alpha value is -3.11. The molecule has 1 saturated heterocycles. The van der Waals surface area contributed by atoms with Crippen LogP contribution < -0.4 is 0 Å². The molecule has 1 unspecified atom stereocenters. The highest BCUT2D eigenvalue weighted by Crippen LogP contribution is 2.43. The van der Waals surface area contributed by atoms with Gasteiger partial charge in [-0.3, -0.25) is 14.7 Å². The number of sulfone groups is 1. The molecule has 2 aromatic rings. The number of phenols is 1. The van der Waals surface area contributed by atoms with Crippen LogP contribution in [0.5, 0.6) is 5.75 Å². The first kappa shape index (κ1) is 31.8. The third kappa shape index (κ3) is 6.01. The van der Waals surface area contributed by atoms with E-state index in [0.29, 0.717) is 11.3 Å². The van der Waals surface area contributed by atoms with Gasteiger partial charge >= 0.3 is 5.97 Å². The smallest absolute Gasteiger partial charge is 0.356 e. The first-order chi connectivity index (χ1) is 19.3. The number of hydrogen-bond acceptors (Lipinski definition) is 8. The number of fused-ring (bicyclic) bond motifs is 1. The monoisotopic (exact) mass is 612 g/mol. The quantitative estimate of drug-likeness (QED) is 0.255. The van der Waals surface area contributed by atoms with Crippen molar-refractivity contribution < 1.29 is 27.9 Å². The van der Waals surface area contributed by atoms with Gasteiger partial charge in [0.05, 0.1) is 4.90 Å². The van der Waals surface area contributed by atoms with Gasteiger partial charge in [0.2, 0.25) is 15.3 Å². The summed E-state index contributed by atoms with van der Waals surface area (Å²) in [4.78, 5) is 32.6. The van der Waals surface area contributed by atoms with Crippen LogP contribution in [0.4, 0.5) is 0 Å². The summed E-state index contributed by atoms with van der Waals surface area (Å²) < 4.78 is 31.5. The molecular formula is C32H40N2O6S2. The molecule has 3 atom stereocenters. The Morgan fingerprint density at radius 2 is 1.62 bits per heavy atom. The normalized spacial score (nSPS) is 20.4. The van der Waals surface area contributed by atoms with Gasteiger partial charge < -0.3 is 9.84 Å². The molecular weight excluding hydrogens is 572 g/mol. The number of benzene rings is 2. The lowest BCUT2D eigenvalue weighted by molar-refractivity contribution is -0.151. The van der Waals surface area contributed by atoms with Crippen LogP contribution in [-0.4, -0.2) is 59.1 Å². The van der Waals surface area contributed by atoms with E-state index in [2.05, 4.69) is 4.99 Å². The summed E-state index contributed by atoms with van der Waals surface area (Å²) in [6.45, 7) is 17.1. The lowest BCUT2D eigenvalue weighted by atomic mass is 9.78. The van der Waals surface area contributed by atoms with Crippen LogP contribution in [0.1, 0.15) is 77.6 Å². The maximum Gasteiger partial charge on any atom is 0.356 e. The van der Waals surface area contributed by atoms with Gasteiger partial charge in [-0.1, -0.05) is 59.2 Å². The second-order valence-corrected chi connectivity index (χ2v) is 16.4. The number of phenolic OH excluding ortho intramolecular Hbond substituents is 1. The molecule has 4 rings (SSSR count). The van der Waals surface area contributed by atoms with E-state index in [1.807, 2.05) is 60.6 Å². The highest BCUT2D eigenvalue weighted by Gasteiger charge is 2.53. The lowest BCUT2D eigenvalue weighted by Gasteiger charge is -2.47. The fraction of sp³-hybridized carbons (Fsp3) is 0.469. The predicted octanol–water partition coefficient (Wildman–Crippen LogP) is 5.64. The van der Waals surface area contributed by atoms with Gasteiger partial charge in [-0.15, -0.1) is 11.8 Å². The van der Waals surface area contributed by atoms with E-state index in [0.717, 1.165) is 22.3 Å². The van der Waals surface area contributed by atoms with Gasteiger partial charge in [-0.05, 0) is 67.0 Å². The van der Waals surface area contributed by atoms with Crippen LogP contribution in [0.2, 0.25) is 0 Å². The minimum absolute atomic E-state index is 0.0593. The van der Waals surface area contributed by atoms with E-state index in [1.54, 1.807) is 25.3 Å². The number of thioether (sulfide) groups is 1. The Balaban J connectivity index is 1.55. The number of β-lactam (4-membered cyclic amide) rings is 1. The van der Waals surface area contributed by atoms with Crippen molar-refractivity contribution in [2.75, 3.05) is 5.75 Å². The first-order valence-corrected chi connectivity index (χ1v) is 16.5. The topological polar surface area (TPSA) is 113 Å². The van der Waals surface area contributed by atoms with Crippen molar-refractivity contribution >= 4 is 39.7 Å². The van der Waals surface area contributed by atoms with E-state index in [1.165, 1.54) is 35.7 Å².